The molecule has 130 valence electrons. The number of nitrogens with two attached hydrogens (primary N) is 3. The standard InChI is InChI=1S/C12H22N6O2S3/c1-8(2)18-23(19,20)7-9(13)3-4-21-5-10-6-22-12(16-10)17-11(14)15/h6-8,18H,3-5,13H2,1-2H3,(H4,14,15,16,17)/b9-7-. The first-order valence-electron chi connectivity index (χ1n) is 6.78. The molecule has 0 saturated heterocycles. The van der Waals surface area contributed by atoms with Crippen LogP contribution in [0.2, 0.25) is 0 Å². The summed E-state index contributed by atoms with van der Waals surface area (Å²) < 4.78 is 25.8. The van der Waals surface area contributed by atoms with Crippen LogP contribution in [0.15, 0.2) is 21.5 Å². The maximum atomic E-state index is 11.7. The van der Waals surface area contributed by atoms with Gasteiger partial charge in [-0.1, -0.05) is 0 Å². The molecule has 0 amide bonds. The maximum absolute atomic E-state index is 11.7. The lowest BCUT2D eigenvalue weighted by Crippen LogP contribution is -2.29. The fourth-order valence-corrected chi connectivity index (χ4v) is 4.45. The number of nitrogens with one attached hydrogen (secondary N) is 1. The first-order chi connectivity index (χ1) is 10.7. The number of rotatable bonds is 9. The molecule has 1 aromatic heterocycles. The summed E-state index contributed by atoms with van der Waals surface area (Å²) in [4.78, 5) is 8.13. The van der Waals surface area contributed by atoms with E-state index in [0.717, 1.165) is 11.1 Å². The van der Waals surface area contributed by atoms with E-state index in [1.54, 1.807) is 25.6 Å². The van der Waals surface area contributed by atoms with Crippen molar-refractivity contribution in [2.45, 2.75) is 32.1 Å². The molecule has 1 rings (SSSR count). The molecular formula is C12H22N6O2S3. The normalized spacial score (nSPS) is 12.6. The number of guanidine groups is 1. The van der Waals surface area contributed by atoms with E-state index in [1.165, 1.54) is 11.3 Å². The van der Waals surface area contributed by atoms with Crippen molar-refractivity contribution in [1.29, 1.82) is 0 Å². The molecule has 0 fully saturated rings. The van der Waals surface area contributed by atoms with Crippen LogP contribution in [0.4, 0.5) is 5.13 Å². The van der Waals surface area contributed by atoms with Gasteiger partial charge in [-0.2, -0.15) is 16.8 Å². The summed E-state index contributed by atoms with van der Waals surface area (Å²) in [5.41, 5.74) is 17.5. The van der Waals surface area contributed by atoms with Gasteiger partial charge in [0, 0.05) is 22.9 Å². The van der Waals surface area contributed by atoms with Gasteiger partial charge in [-0.15, -0.1) is 11.3 Å². The van der Waals surface area contributed by atoms with E-state index in [0.29, 0.717) is 28.8 Å². The van der Waals surface area contributed by atoms with Crippen LogP contribution in [-0.2, 0) is 15.8 Å². The van der Waals surface area contributed by atoms with E-state index in [-0.39, 0.29) is 12.0 Å². The summed E-state index contributed by atoms with van der Waals surface area (Å²) >= 11 is 2.96. The number of aromatic nitrogens is 1. The molecule has 0 aliphatic heterocycles. The summed E-state index contributed by atoms with van der Waals surface area (Å²) in [5, 5.41) is 3.48. The smallest absolute Gasteiger partial charge is 0.235 e. The molecule has 0 unspecified atom stereocenters. The molecule has 0 aromatic carbocycles. The number of sulfonamides is 1. The van der Waals surface area contributed by atoms with Crippen molar-refractivity contribution >= 4 is 44.2 Å². The van der Waals surface area contributed by atoms with Gasteiger partial charge in [-0.05, 0) is 26.0 Å². The lowest BCUT2D eigenvalue weighted by Gasteiger charge is -2.07. The Hall–Kier alpha value is -1.30. The highest BCUT2D eigenvalue weighted by molar-refractivity contribution is 7.98. The minimum atomic E-state index is -3.47. The highest BCUT2D eigenvalue weighted by Crippen LogP contribution is 2.22. The summed E-state index contributed by atoms with van der Waals surface area (Å²) in [6.07, 6.45) is 0.481. The second kappa shape index (κ2) is 9.11. The second-order valence-corrected chi connectivity index (χ2v) is 8.47. The first kappa shape index (κ1) is 19.7. The van der Waals surface area contributed by atoms with Gasteiger partial charge in [0.2, 0.25) is 15.2 Å². The van der Waals surface area contributed by atoms with Crippen LogP contribution in [0.3, 0.4) is 0 Å². The van der Waals surface area contributed by atoms with Crippen molar-refractivity contribution in [2.75, 3.05) is 5.75 Å². The van der Waals surface area contributed by atoms with Crippen LogP contribution in [0.25, 0.3) is 0 Å². The molecule has 1 aromatic rings. The maximum Gasteiger partial charge on any atom is 0.235 e. The van der Waals surface area contributed by atoms with E-state index in [2.05, 4.69) is 14.7 Å². The molecule has 11 heteroatoms. The largest absolute Gasteiger partial charge is 0.401 e. The van der Waals surface area contributed by atoms with Gasteiger partial charge in [0.15, 0.2) is 5.96 Å². The SMILES string of the molecule is CC(C)NS(=O)(=O)/C=C(\N)CCSCc1csc(N=C(N)N)n1. The van der Waals surface area contributed by atoms with Crippen LogP contribution in [0.1, 0.15) is 26.0 Å². The average molecular weight is 379 g/mol. The Morgan fingerprint density at radius 3 is 2.78 bits per heavy atom. The highest BCUT2D eigenvalue weighted by atomic mass is 32.2. The average Bonchev–Trinajstić information content (AvgIpc) is 2.79. The predicted octanol–water partition coefficient (Wildman–Crippen LogP) is 0.799. The Kier molecular flexibility index (Phi) is 7.82. The molecule has 0 saturated carbocycles. The van der Waals surface area contributed by atoms with Gasteiger partial charge < -0.3 is 17.2 Å². The highest BCUT2D eigenvalue weighted by Gasteiger charge is 2.09. The van der Waals surface area contributed by atoms with Gasteiger partial charge in [0.05, 0.1) is 11.1 Å². The molecule has 1 heterocycles. The van der Waals surface area contributed by atoms with Gasteiger partial charge in [0.25, 0.3) is 0 Å². The lowest BCUT2D eigenvalue weighted by molar-refractivity contribution is 0.578. The molecular weight excluding hydrogens is 356 g/mol. The first-order valence-corrected chi connectivity index (χ1v) is 10.4. The summed E-state index contributed by atoms with van der Waals surface area (Å²) in [5.74, 6) is 1.35. The number of allylic oxidation sites excluding steroid dienone is 1. The minimum Gasteiger partial charge on any atom is -0.401 e. The quantitative estimate of drug-likeness (QED) is 0.282. The van der Waals surface area contributed by atoms with Gasteiger partial charge in [-0.3, -0.25) is 0 Å². The van der Waals surface area contributed by atoms with Crippen LogP contribution >= 0.6 is 23.1 Å². The second-order valence-electron chi connectivity index (χ2n) is 4.97. The molecule has 0 atom stereocenters. The number of hydrogen-bond acceptors (Lipinski definition) is 7. The molecule has 23 heavy (non-hydrogen) atoms. The fourth-order valence-electron chi connectivity index (χ4n) is 1.51. The predicted molar refractivity (Wildman–Crippen MR) is 97.8 cm³/mol. The lowest BCUT2D eigenvalue weighted by atomic mass is 10.4. The van der Waals surface area contributed by atoms with E-state index < -0.39 is 10.0 Å². The van der Waals surface area contributed by atoms with E-state index in [1.807, 2.05) is 5.38 Å². The number of nitrogens with zero attached hydrogens (tertiary/aromatic N) is 2. The monoisotopic (exact) mass is 378 g/mol. The molecule has 0 spiro atoms. The zero-order valence-corrected chi connectivity index (χ0v) is 15.5. The Bertz CT molecular complexity index is 662. The Morgan fingerprint density at radius 1 is 1.48 bits per heavy atom. The van der Waals surface area contributed by atoms with Crippen molar-refractivity contribution in [3.8, 4) is 0 Å². The number of thiazole rings is 1. The molecule has 0 bridgehead atoms. The molecule has 0 aliphatic rings. The van der Waals surface area contributed by atoms with Crippen molar-refractivity contribution in [2.24, 2.45) is 22.2 Å². The number of aliphatic imine (C=N–C) groups is 1. The van der Waals surface area contributed by atoms with E-state index in [4.69, 9.17) is 17.2 Å². The topological polar surface area (TPSA) is 149 Å². The van der Waals surface area contributed by atoms with Crippen LogP contribution in [0, 0.1) is 0 Å². The Labute approximate surface area is 144 Å². The molecule has 0 radical (unpaired) electrons. The summed E-state index contributed by atoms with van der Waals surface area (Å²) in [6, 6.07) is -0.164. The third kappa shape index (κ3) is 8.79. The van der Waals surface area contributed by atoms with E-state index in [9.17, 15) is 8.42 Å². The Morgan fingerprint density at radius 2 is 2.17 bits per heavy atom. The van der Waals surface area contributed by atoms with Crippen molar-refractivity contribution in [1.82, 2.24) is 9.71 Å². The van der Waals surface area contributed by atoms with Gasteiger partial charge >= 0.3 is 0 Å². The van der Waals surface area contributed by atoms with Crippen molar-refractivity contribution < 1.29 is 8.42 Å². The molecule has 8 nitrogen and oxygen atoms in total. The molecule has 0 aliphatic carbocycles. The van der Waals surface area contributed by atoms with Crippen LogP contribution in [0.5, 0.6) is 0 Å². The minimum absolute atomic E-state index is 0.0207. The number of thioether (sulfide) groups is 1. The fraction of sp³-hybridized carbons (Fsp3) is 0.500. The number of hydrogen-bond donors (Lipinski definition) is 4. The third-order valence-corrected chi connectivity index (χ3v) is 5.44. The Balaban J connectivity index is 2.39. The van der Waals surface area contributed by atoms with Gasteiger partial charge in [-0.25, -0.2) is 18.1 Å². The summed E-state index contributed by atoms with van der Waals surface area (Å²) in [7, 11) is -3.47. The van der Waals surface area contributed by atoms with E-state index >= 15 is 0 Å². The zero-order valence-electron chi connectivity index (χ0n) is 13.0. The van der Waals surface area contributed by atoms with Gasteiger partial charge in [0.1, 0.15) is 0 Å². The van der Waals surface area contributed by atoms with Crippen LogP contribution in [-0.4, -0.2) is 31.2 Å². The molecule has 7 N–H and O–H groups in total. The zero-order chi connectivity index (χ0) is 17.5. The third-order valence-electron chi connectivity index (χ3n) is 2.26. The van der Waals surface area contributed by atoms with Crippen LogP contribution < -0.4 is 21.9 Å². The summed E-state index contributed by atoms with van der Waals surface area (Å²) in [6.45, 7) is 3.50. The van der Waals surface area contributed by atoms with Crippen molar-refractivity contribution in [3.63, 3.8) is 0 Å². The van der Waals surface area contributed by atoms with Crippen molar-refractivity contribution in [3.05, 3.63) is 22.2 Å².